The molecule has 3 nitrogen and oxygen atoms in total. The zero-order chi connectivity index (χ0) is 15.6. The van der Waals surface area contributed by atoms with Crippen LogP contribution < -0.4 is 14.8 Å². The molecule has 0 spiro atoms. The molecule has 0 aliphatic heterocycles. The topological polar surface area (TPSA) is 30.5 Å². The maximum atomic E-state index is 5.70. The number of rotatable bonds is 4. The van der Waals surface area contributed by atoms with Gasteiger partial charge in [0, 0.05) is 16.1 Å². The Morgan fingerprint density at radius 3 is 2.62 bits per heavy atom. The predicted octanol–water partition coefficient (Wildman–Crippen LogP) is 4.48. The van der Waals surface area contributed by atoms with E-state index < -0.39 is 0 Å². The smallest absolute Gasteiger partial charge is 0.165 e. The minimum Gasteiger partial charge on any atom is -0.493 e. The van der Waals surface area contributed by atoms with Gasteiger partial charge in [-0.3, -0.25) is 0 Å². The minimum atomic E-state index is 0.295. The van der Waals surface area contributed by atoms with E-state index in [0.717, 1.165) is 35.4 Å². The fourth-order valence-corrected chi connectivity index (χ4v) is 3.91. The van der Waals surface area contributed by atoms with Crippen molar-refractivity contribution < 1.29 is 9.47 Å². The summed E-state index contributed by atoms with van der Waals surface area (Å²) in [6.45, 7) is 7.79. The van der Waals surface area contributed by atoms with E-state index in [-0.39, 0.29) is 0 Å². The molecule has 1 aliphatic carbocycles. The van der Waals surface area contributed by atoms with E-state index >= 15 is 0 Å². The average molecular weight is 356 g/mol. The van der Waals surface area contributed by atoms with Crippen molar-refractivity contribution in [1.82, 2.24) is 5.32 Å². The summed E-state index contributed by atoms with van der Waals surface area (Å²) in [4.78, 5) is 0. The molecule has 1 unspecified atom stereocenters. The SMILES string of the molecule is CCNC1CC(C)(C)CCc2c(Br)cc(OC)c(OC)c21. The molecule has 118 valence electrons. The Kier molecular flexibility index (Phi) is 5.20. The van der Waals surface area contributed by atoms with Crippen LogP contribution in [0.2, 0.25) is 0 Å². The minimum absolute atomic E-state index is 0.295. The van der Waals surface area contributed by atoms with Gasteiger partial charge in [-0.15, -0.1) is 0 Å². The Morgan fingerprint density at radius 1 is 1.33 bits per heavy atom. The molecule has 4 heteroatoms. The number of halogens is 1. The molecule has 0 heterocycles. The van der Waals surface area contributed by atoms with Crippen LogP contribution in [0.4, 0.5) is 0 Å². The highest BCUT2D eigenvalue weighted by atomic mass is 79.9. The standard InChI is InChI=1S/C17H26BrNO2/c1-6-19-13-10-17(2,3)8-7-11-12(18)9-14(20-4)16(21-5)15(11)13/h9,13,19H,6-8,10H2,1-5H3. The molecule has 1 aromatic rings. The summed E-state index contributed by atoms with van der Waals surface area (Å²) in [5, 5.41) is 3.63. The summed E-state index contributed by atoms with van der Waals surface area (Å²) in [5.74, 6) is 1.67. The summed E-state index contributed by atoms with van der Waals surface area (Å²) in [6, 6.07) is 2.32. The zero-order valence-corrected chi connectivity index (χ0v) is 15.3. The second-order valence-corrected chi connectivity index (χ2v) is 7.32. The Balaban J connectivity index is 2.63. The molecule has 2 rings (SSSR count). The average Bonchev–Trinajstić information content (AvgIpc) is 2.56. The molecular formula is C17H26BrNO2. The maximum Gasteiger partial charge on any atom is 0.165 e. The molecule has 0 saturated carbocycles. The summed E-state index contributed by atoms with van der Waals surface area (Å²) in [5.41, 5.74) is 2.92. The summed E-state index contributed by atoms with van der Waals surface area (Å²) in [7, 11) is 3.42. The Hall–Kier alpha value is -0.740. The summed E-state index contributed by atoms with van der Waals surface area (Å²) in [6.07, 6.45) is 3.34. The van der Waals surface area contributed by atoms with Gasteiger partial charge in [-0.25, -0.2) is 0 Å². The second kappa shape index (κ2) is 6.57. The van der Waals surface area contributed by atoms with Crippen molar-refractivity contribution >= 4 is 15.9 Å². The molecule has 0 amide bonds. The van der Waals surface area contributed by atoms with Crippen molar-refractivity contribution in [2.75, 3.05) is 20.8 Å². The molecule has 0 radical (unpaired) electrons. The van der Waals surface area contributed by atoms with Crippen LogP contribution in [-0.2, 0) is 6.42 Å². The van der Waals surface area contributed by atoms with Crippen molar-refractivity contribution in [3.8, 4) is 11.5 Å². The molecule has 0 bridgehead atoms. The molecule has 21 heavy (non-hydrogen) atoms. The fraction of sp³-hybridized carbons (Fsp3) is 0.647. The number of nitrogens with one attached hydrogen (secondary N) is 1. The third kappa shape index (κ3) is 3.37. The highest BCUT2D eigenvalue weighted by Crippen LogP contribution is 2.48. The van der Waals surface area contributed by atoms with Crippen molar-refractivity contribution in [1.29, 1.82) is 0 Å². The van der Waals surface area contributed by atoms with Crippen LogP contribution in [-0.4, -0.2) is 20.8 Å². The van der Waals surface area contributed by atoms with Gasteiger partial charge in [0.25, 0.3) is 0 Å². The van der Waals surface area contributed by atoms with Crippen molar-refractivity contribution in [3.05, 3.63) is 21.7 Å². The highest BCUT2D eigenvalue weighted by Gasteiger charge is 2.33. The molecule has 0 saturated heterocycles. The van der Waals surface area contributed by atoms with Crippen molar-refractivity contribution in [2.24, 2.45) is 5.41 Å². The van der Waals surface area contributed by atoms with E-state index in [0.29, 0.717) is 11.5 Å². The molecule has 0 aromatic heterocycles. The van der Waals surface area contributed by atoms with Gasteiger partial charge in [0.1, 0.15) is 0 Å². The largest absolute Gasteiger partial charge is 0.493 e. The third-order valence-corrected chi connectivity index (χ3v) is 5.08. The van der Waals surface area contributed by atoms with Crippen LogP contribution in [0.15, 0.2) is 10.5 Å². The van der Waals surface area contributed by atoms with Gasteiger partial charge >= 0.3 is 0 Å². The van der Waals surface area contributed by atoms with Crippen molar-refractivity contribution in [2.45, 2.75) is 46.1 Å². The van der Waals surface area contributed by atoms with Crippen LogP contribution in [0.25, 0.3) is 0 Å². The zero-order valence-electron chi connectivity index (χ0n) is 13.7. The lowest BCUT2D eigenvalue weighted by molar-refractivity contribution is 0.271. The number of hydrogen-bond donors (Lipinski definition) is 1. The van der Waals surface area contributed by atoms with Crippen LogP contribution in [0, 0.1) is 5.41 Å². The van der Waals surface area contributed by atoms with E-state index in [1.54, 1.807) is 14.2 Å². The van der Waals surface area contributed by atoms with E-state index in [4.69, 9.17) is 9.47 Å². The first kappa shape index (κ1) is 16.6. The van der Waals surface area contributed by atoms with Crippen molar-refractivity contribution in [3.63, 3.8) is 0 Å². The first-order valence-electron chi connectivity index (χ1n) is 7.60. The van der Waals surface area contributed by atoms with Gasteiger partial charge in [-0.05, 0) is 42.9 Å². The first-order valence-corrected chi connectivity index (χ1v) is 8.39. The maximum absolute atomic E-state index is 5.70. The van der Waals surface area contributed by atoms with E-state index in [1.807, 2.05) is 6.07 Å². The van der Waals surface area contributed by atoms with E-state index in [1.165, 1.54) is 17.5 Å². The fourth-order valence-electron chi connectivity index (χ4n) is 3.29. The van der Waals surface area contributed by atoms with Gasteiger partial charge in [0.2, 0.25) is 0 Å². The van der Waals surface area contributed by atoms with Gasteiger partial charge in [0.05, 0.1) is 14.2 Å². The van der Waals surface area contributed by atoms with Crippen LogP contribution in [0.3, 0.4) is 0 Å². The molecular weight excluding hydrogens is 330 g/mol. The van der Waals surface area contributed by atoms with Crippen LogP contribution in [0.1, 0.15) is 50.8 Å². The van der Waals surface area contributed by atoms with Gasteiger partial charge < -0.3 is 14.8 Å². The number of fused-ring (bicyclic) bond motifs is 1. The molecule has 0 fully saturated rings. The number of hydrogen-bond acceptors (Lipinski definition) is 3. The lowest BCUT2D eigenvalue weighted by Gasteiger charge is -2.28. The van der Waals surface area contributed by atoms with Crippen LogP contribution in [0.5, 0.6) is 11.5 Å². The normalized spacial score (nSPS) is 20.6. The molecule has 1 aromatic carbocycles. The molecule has 1 atom stereocenters. The van der Waals surface area contributed by atoms with E-state index in [9.17, 15) is 0 Å². The first-order chi connectivity index (χ1) is 9.93. The molecule has 1 aliphatic rings. The third-order valence-electron chi connectivity index (χ3n) is 4.37. The Bertz CT molecular complexity index is 514. The Labute approximate surface area is 136 Å². The van der Waals surface area contributed by atoms with Gasteiger partial charge in [0.15, 0.2) is 11.5 Å². The number of ether oxygens (including phenoxy) is 2. The monoisotopic (exact) mass is 355 g/mol. The quantitative estimate of drug-likeness (QED) is 0.807. The Morgan fingerprint density at radius 2 is 2.05 bits per heavy atom. The highest BCUT2D eigenvalue weighted by molar-refractivity contribution is 9.10. The lowest BCUT2D eigenvalue weighted by atomic mass is 9.83. The molecule has 1 N–H and O–H groups in total. The van der Waals surface area contributed by atoms with Crippen LogP contribution >= 0.6 is 15.9 Å². The number of benzene rings is 1. The summed E-state index contributed by atoms with van der Waals surface area (Å²) < 4.78 is 12.3. The van der Waals surface area contributed by atoms with E-state index in [2.05, 4.69) is 42.0 Å². The summed E-state index contributed by atoms with van der Waals surface area (Å²) >= 11 is 3.72. The second-order valence-electron chi connectivity index (χ2n) is 6.46. The lowest BCUT2D eigenvalue weighted by Crippen LogP contribution is -2.26. The number of methoxy groups -OCH3 is 2. The van der Waals surface area contributed by atoms with Gasteiger partial charge in [-0.2, -0.15) is 0 Å². The predicted molar refractivity (Wildman–Crippen MR) is 90.4 cm³/mol. The van der Waals surface area contributed by atoms with Gasteiger partial charge in [-0.1, -0.05) is 36.7 Å².